The van der Waals surface area contributed by atoms with Crippen molar-refractivity contribution in [2.24, 2.45) is 5.41 Å². The molecule has 0 amide bonds. The molecule has 0 saturated heterocycles. The van der Waals surface area contributed by atoms with Gasteiger partial charge >= 0.3 is 0 Å². The third kappa shape index (κ3) is 1.80. The largest absolute Gasteiger partial charge is 0.303 e. The van der Waals surface area contributed by atoms with Crippen LogP contribution in [0.15, 0.2) is 24.3 Å². The Morgan fingerprint density at radius 2 is 1.93 bits per heavy atom. The molecule has 15 heavy (non-hydrogen) atoms. The normalized spacial score (nSPS) is 16.7. The van der Waals surface area contributed by atoms with Gasteiger partial charge in [0.25, 0.3) is 0 Å². The van der Waals surface area contributed by atoms with Gasteiger partial charge in [0.15, 0.2) is 0 Å². The van der Waals surface area contributed by atoms with E-state index in [4.69, 9.17) is 6.42 Å². The van der Waals surface area contributed by atoms with Crippen LogP contribution in [0.3, 0.4) is 0 Å². The average Bonchev–Trinajstić information content (AvgIpc) is 2.65. The molecule has 0 spiro atoms. The summed E-state index contributed by atoms with van der Waals surface area (Å²) in [6.07, 6.45) is 9.57. The van der Waals surface area contributed by atoms with E-state index in [1.807, 2.05) is 12.1 Å². The van der Waals surface area contributed by atoms with Crippen LogP contribution in [-0.2, 0) is 17.6 Å². The van der Waals surface area contributed by atoms with Crippen molar-refractivity contribution >= 4 is 6.29 Å². The maximum atomic E-state index is 11.2. The first-order valence-electron chi connectivity index (χ1n) is 5.26. The Kier molecular flexibility index (Phi) is 2.60. The van der Waals surface area contributed by atoms with E-state index in [0.29, 0.717) is 6.42 Å². The summed E-state index contributed by atoms with van der Waals surface area (Å²) in [5.41, 5.74) is 2.39. The molecule has 0 radical (unpaired) electrons. The Morgan fingerprint density at radius 3 is 2.40 bits per heavy atom. The average molecular weight is 198 g/mol. The predicted octanol–water partition coefficient (Wildman–Crippen LogP) is 2.38. The zero-order valence-corrected chi connectivity index (χ0v) is 8.70. The van der Waals surface area contributed by atoms with Gasteiger partial charge in [0.1, 0.15) is 6.29 Å². The van der Waals surface area contributed by atoms with Gasteiger partial charge in [0.2, 0.25) is 0 Å². The van der Waals surface area contributed by atoms with Crippen molar-refractivity contribution in [3.63, 3.8) is 0 Å². The first kappa shape index (κ1) is 9.98. The molecular weight excluding hydrogens is 184 g/mol. The molecule has 0 bridgehead atoms. The van der Waals surface area contributed by atoms with E-state index in [2.05, 4.69) is 18.1 Å². The summed E-state index contributed by atoms with van der Waals surface area (Å²) in [5, 5.41) is 0. The van der Waals surface area contributed by atoms with Crippen molar-refractivity contribution in [1.29, 1.82) is 0 Å². The van der Waals surface area contributed by atoms with E-state index >= 15 is 0 Å². The highest BCUT2D eigenvalue weighted by atomic mass is 16.1. The molecule has 2 rings (SSSR count). The van der Waals surface area contributed by atoms with Gasteiger partial charge in [0, 0.05) is 11.8 Å². The second kappa shape index (κ2) is 3.90. The fourth-order valence-corrected chi connectivity index (χ4v) is 2.36. The molecule has 0 N–H and O–H groups in total. The third-order valence-electron chi connectivity index (χ3n) is 3.22. The Labute approximate surface area is 90.5 Å². The summed E-state index contributed by atoms with van der Waals surface area (Å²) in [4.78, 5) is 11.2. The molecule has 1 aromatic rings. The number of carbonyl (C=O) groups excluding carboxylic acids is 1. The lowest BCUT2D eigenvalue weighted by molar-refractivity contribution is -0.116. The first-order chi connectivity index (χ1) is 7.29. The van der Waals surface area contributed by atoms with Crippen molar-refractivity contribution < 1.29 is 4.79 Å². The minimum absolute atomic E-state index is 0.226. The summed E-state index contributed by atoms with van der Waals surface area (Å²) < 4.78 is 0. The Morgan fingerprint density at radius 1 is 1.33 bits per heavy atom. The van der Waals surface area contributed by atoms with Gasteiger partial charge in [-0.3, -0.25) is 0 Å². The lowest BCUT2D eigenvalue weighted by atomic mass is 9.82. The number of aldehydes is 1. The summed E-state index contributed by atoms with van der Waals surface area (Å²) in [6, 6.07) is 8.27. The number of benzene rings is 1. The topological polar surface area (TPSA) is 17.1 Å². The number of rotatable bonds is 3. The Bertz CT molecular complexity index is 387. The van der Waals surface area contributed by atoms with Crippen LogP contribution >= 0.6 is 0 Å². The maximum Gasteiger partial charge on any atom is 0.126 e. The monoisotopic (exact) mass is 198 g/mol. The lowest BCUT2D eigenvalue weighted by Crippen LogP contribution is -2.22. The Balaban J connectivity index is 2.22. The van der Waals surface area contributed by atoms with Crippen LogP contribution in [0.4, 0.5) is 0 Å². The lowest BCUT2D eigenvalue weighted by Gasteiger charge is -2.20. The summed E-state index contributed by atoms with van der Waals surface area (Å²) in [6.45, 7) is 0. The van der Waals surface area contributed by atoms with E-state index in [0.717, 1.165) is 25.5 Å². The predicted molar refractivity (Wildman–Crippen MR) is 60.4 cm³/mol. The molecule has 1 aliphatic carbocycles. The molecule has 0 heterocycles. The van der Waals surface area contributed by atoms with Gasteiger partial charge in [-0.05, 0) is 30.4 Å². The van der Waals surface area contributed by atoms with Crippen molar-refractivity contribution in [2.75, 3.05) is 0 Å². The highest BCUT2D eigenvalue weighted by molar-refractivity contribution is 5.64. The van der Waals surface area contributed by atoms with Crippen molar-refractivity contribution in [3.8, 4) is 12.3 Å². The van der Waals surface area contributed by atoms with Gasteiger partial charge in [0.05, 0.1) is 0 Å². The van der Waals surface area contributed by atoms with Crippen LogP contribution in [0.25, 0.3) is 0 Å². The molecular formula is C14H14O. The molecule has 1 aromatic carbocycles. The smallest absolute Gasteiger partial charge is 0.126 e. The van der Waals surface area contributed by atoms with E-state index in [-0.39, 0.29) is 5.41 Å². The number of carbonyl (C=O) groups is 1. The van der Waals surface area contributed by atoms with Gasteiger partial charge in [-0.15, -0.1) is 12.3 Å². The molecule has 0 unspecified atom stereocenters. The summed E-state index contributed by atoms with van der Waals surface area (Å²) in [5.74, 6) is 2.62. The van der Waals surface area contributed by atoms with E-state index < -0.39 is 0 Å². The molecule has 1 aliphatic rings. The second-order valence-electron chi connectivity index (χ2n) is 4.31. The van der Waals surface area contributed by atoms with Crippen LogP contribution in [0.5, 0.6) is 0 Å². The highest BCUT2D eigenvalue weighted by Crippen LogP contribution is 2.38. The quantitative estimate of drug-likeness (QED) is 0.538. The molecule has 0 atom stereocenters. The third-order valence-corrected chi connectivity index (χ3v) is 3.22. The summed E-state index contributed by atoms with van der Waals surface area (Å²) in [7, 11) is 0. The molecule has 0 aliphatic heterocycles. The van der Waals surface area contributed by atoms with Crippen molar-refractivity contribution in [1.82, 2.24) is 0 Å². The van der Waals surface area contributed by atoms with Gasteiger partial charge in [-0.25, -0.2) is 0 Å². The van der Waals surface area contributed by atoms with Crippen molar-refractivity contribution in [2.45, 2.75) is 25.7 Å². The van der Waals surface area contributed by atoms with Crippen LogP contribution in [0.2, 0.25) is 0 Å². The molecule has 0 fully saturated rings. The minimum atomic E-state index is -0.226. The van der Waals surface area contributed by atoms with Crippen LogP contribution in [-0.4, -0.2) is 6.29 Å². The number of hydrogen-bond acceptors (Lipinski definition) is 1. The second-order valence-corrected chi connectivity index (χ2v) is 4.31. The van der Waals surface area contributed by atoms with Crippen LogP contribution in [0.1, 0.15) is 24.0 Å². The maximum absolute atomic E-state index is 11.2. The SMILES string of the molecule is C#CCCC1(C=O)Cc2ccccc2C1. The number of terminal acetylenes is 1. The zero-order valence-electron chi connectivity index (χ0n) is 8.70. The molecule has 0 aromatic heterocycles. The summed E-state index contributed by atoms with van der Waals surface area (Å²) >= 11 is 0. The number of fused-ring (bicyclic) bond motifs is 1. The van der Waals surface area contributed by atoms with E-state index in [9.17, 15) is 4.79 Å². The molecule has 1 nitrogen and oxygen atoms in total. The van der Waals surface area contributed by atoms with Crippen molar-refractivity contribution in [3.05, 3.63) is 35.4 Å². The van der Waals surface area contributed by atoms with Crippen LogP contribution in [0, 0.1) is 17.8 Å². The zero-order chi connectivity index (χ0) is 10.7. The number of hydrogen-bond donors (Lipinski definition) is 0. The molecule has 1 heteroatoms. The Hall–Kier alpha value is -1.55. The fraction of sp³-hybridized carbons (Fsp3) is 0.357. The van der Waals surface area contributed by atoms with Crippen LogP contribution < -0.4 is 0 Å². The van der Waals surface area contributed by atoms with Gasteiger partial charge < -0.3 is 4.79 Å². The van der Waals surface area contributed by atoms with Gasteiger partial charge in [-0.1, -0.05) is 24.3 Å². The molecule has 0 saturated carbocycles. The first-order valence-corrected chi connectivity index (χ1v) is 5.26. The van der Waals surface area contributed by atoms with Gasteiger partial charge in [-0.2, -0.15) is 0 Å². The minimum Gasteiger partial charge on any atom is -0.303 e. The van der Waals surface area contributed by atoms with E-state index in [1.54, 1.807) is 0 Å². The fourth-order valence-electron chi connectivity index (χ4n) is 2.36. The highest BCUT2D eigenvalue weighted by Gasteiger charge is 2.36. The standard InChI is InChI=1S/C14H14O/c1-2-3-8-14(11-15)9-12-6-4-5-7-13(12)10-14/h1,4-7,11H,3,8-10H2. The molecule has 76 valence electrons. The van der Waals surface area contributed by atoms with E-state index in [1.165, 1.54) is 11.1 Å².